The van der Waals surface area contributed by atoms with Gasteiger partial charge in [-0.15, -0.1) is 0 Å². The average molecular weight is 379 g/mol. The summed E-state index contributed by atoms with van der Waals surface area (Å²) in [4.78, 5) is 0. The number of hydrogen-bond donors (Lipinski definition) is 3. The number of fused-ring (bicyclic) bond motifs is 5. The lowest BCUT2D eigenvalue weighted by atomic mass is 9.43. The lowest BCUT2D eigenvalue weighted by molar-refractivity contribution is -0.207. The maximum Gasteiger partial charge on any atom is 0.0602 e. The zero-order valence-corrected chi connectivity index (χ0v) is 17.9. The Morgan fingerprint density at radius 1 is 0.963 bits per heavy atom. The number of aliphatic hydroxyl groups is 3. The SMILES string of the molecule is CCCC(C)C1CCC2C3C(O)CC4CC(O)CCC4(C)C3CC(O)C12C. The van der Waals surface area contributed by atoms with E-state index in [0.29, 0.717) is 35.5 Å². The van der Waals surface area contributed by atoms with Crippen LogP contribution in [0.5, 0.6) is 0 Å². The molecule has 11 atom stereocenters. The Kier molecular flexibility index (Phi) is 5.22. The van der Waals surface area contributed by atoms with Crippen molar-refractivity contribution in [2.45, 2.75) is 104 Å². The van der Waals surface area contributed by atoms with Crippen LogP contribution in [0.25, 0.3) is 0 Å². The standard InChI is InChI=1S/C24H42O3/c1-5-6-14(2)17-7-8-18-22-19(13-21(27)24(17,18)4)23(3)10-9-16(25)11-15(23)12-20(22)26/h14-22,25-27H,5-13H2,1-4H3. The van der Waals surface area contributed by atoms with Crippen LogP contribution in [0, 0.1) is 46.3 Å². The van der Waals surface area contributed by atoms with Gasteiger partial charge in [-0.1, -0.05) is 40.5 Å². The van der Waals surface area contributed by atoms with Crippen LogP contribution in [0.15, 0.2) is 0 Å². The molecule has 11 unspecified atom stereocenters. The quantitative estimate of drug-likeness (QED) is 0.683. The minimum atomic E-state index is -0.254. The Morgan fingerprint density at radius 3 is 2.41 bits per heavy atom. The number of hydrogen-bond acceptors (Lipinski definition) is 3. The van der Waals surface area contributed by atoms with Crippen LogP contribution in [-0.4, -0.2) is 33.6 Å². The highest BCUT2D eigenvalue weighted by molar-refractivity contribution is 5.14. The summed E-state index contributed by atoms with van der Waals surface area (Å²) in [6.45, 7) is 9.42. The summed E-state index contributed by atoms with van der Waals surface area (Å²) < 4.78 is 0. The van der Waals surface area contributed by atoms with Crippen molar-refractivity contribution in [3.8, 4) is 0 Å². The summed E-state index contributed by atoms with van der Waals surface area (Å²) in [5, 5.41) is 32.9. The summed E-state index contributed by atoms with van der Waals surface area (Å²) in [5.74, 6) is 2.86. The van der Waals surface area contributed by atoms with Gasteiger partial charge in [0.05, 0.1) is 18.3 Å². The third kappa shape index (κ3) is 2.86. The first-order valence-electron chi connectivity index (χ1n) is 11.8. The highest BCUT2D eigenvalue weighted by atomic mass is 16.3. The van der Waals surface area contributed by atoms with Crippen molar-refractivity contribution in [1.29, 1.82) is 0 Å². The molecular weight excluding hydrogens is 336 g/mol. The first-order chi connectivity index (χ1) is 12.7. The molecule has 3 N–H and O–H groups in total. The molecular formula is C24H42O3. The molecule has 3 nitrogen and oxygen atoms in total. The van der Waals surface area contributed by atoms with Gasteiger partial charge >= 0.3 is 0 Å². The van der Waals surface area contributed by atoms with Crippen LogP contribution in [0.2, 0.25) is 0 Å². The van der Waals surface area contributed by atoms with E-state index in [9.17, 15) is 15.3 Å². The molecule has 4 rings (SSSR count). The highest BCUT2D eigenvalue weighted by Gasteiger charge is 2.65. The average Bonchev–Trinajstić information content (AvgIpc) is 2.96. The topological polar surface area (TPSA) is 60.7 Å². The predicted octanol–water partition coefficient (Wildman–Crippen LogP) is 4.38. The van der Waals surface area contributed by atoms with Crippen LogP contribution in [0.1, 0.15) is 85.5 Å². The van der Waals surface area contributed by atoms with Crippen LogP contribution < -0.4 is 0 Å². The van der Waals surface area contributed by atoms with E-state index in [4.69, 9.17) is 0 Å². The van der Waals surface area contributed by atoms with Crippen molar-refractivity contribution in [1.82, 2.24) is 0 Å². The smallest absolute Gasteiger partial charge is 0.0602 e. The molecule has 0 saturated heterocycles. The molecule has 0 radical (unpaired) electrons. The molecule has 4 aliphatic rings. The Morgan fingerprint density at radius 2 is 1.70 bits per heavy atom. The lowest BCUT2D eigenvalue weighted by Gasteiger charge is -2.63. The number of rotatable bonds is 3. The summed E-state index contributed by atoms with van der Waals surface area (Å²) >= 11 is 0. The molecule has 0 aromatic rings. The minimum absolute atomic E-state index is 0.0336. The van der Waals surface area contributed by atoms with Crippen molar-refractivity contribution in [2.24, 2.45) is 46.3 Å². The van der Waals surface area contributed by atoms with E-state index in [1.165, 1.54) is 25.7 Å². The minimum Gasteiger partial charge on any atom is -0.393 e. The van der Waals surface area contributed by atoms with Gasteiger partial charge in [0.25, 0.3) is 0 Å². The van der Waals surface area contributed by atoms with Crippen LogP contribution in [-0.2, 0) is 0 Å². The maximum atomic E-state index is 11.5. The normalized spacial score (nSPS) is 56.1. The molecule has 3 heteroatoms. The molecule has 0 aromatic carbocycles. The summed E-state index contributed by atoms with van der Waals surface area (Å²) in [6.07, 6.45) is 8.64. The largest absolute Gasteiger partial charge is 0.393 e. The van der Waals surface area contributed by atoms with E-state index in [2.05, 4.69) is 27.7 Å². The summed E-state index contributed by atoms with van der Waals surface area (Å²) in [6, 6.07) is 0. The van der Waals surface area contributed by atoms with Crippen molar-refractivity contribution in [2.75, 3.05) is 0 Å². The van der Waals surface area contributed by atoms with E-state index < -0.39 is 0 Å². The predicted molar refractivity (Wildman–Crippen MR) is 108 cm³/mol. The van der Waals surface area contributed by atoms with Crippen LogP contribution in [0.4, 0.5) is 0 Å². The monoisotopic (exact) mass is 378 g/mol. The fourth-order valence-corrected chi connectivity index (χ4v) is 8.79. The van der Waals surface area contributed by atoms with Gasteiger partial charge in [0.2, 0.25) is 0 Å². The van der Waals surface area contributed by atoms with Crippen LogP contribution >= 0.6 is 0 Å². The van der Waals surface area contributed by atoms with Gasteiger partial charge in [-0.05, 0) is 91.3 Å². The van der Waals surface area contributed by atoms with E-state index in [1.807, 2.05) is 0 Å². The van der Waals surface area contributed by atoms with Gasteiger partial charge in [0.15, 0.2) is 0 Å². The molecule has 4 saturated carbocycles. The van der Waals surface area contributed by atoms with Crippen molar-refractivity contribution >= 4 is 0 Å². The molecule has 4 aliphatic carbocycles. The Labute approximate surface area is 165 Å². The Bertz CT molecular complexity index is 550. The Hall–Kier alpha value is -0.120. The number of aliphatic hydroxyl groups excluding tert-OH is 3. The second-order valence-electron chi connectivity index (χ2n) is 11.3. The molecule has 27 heavy (non-hydrogen) atoms. The van der Waals surface area contributed by atoms with E-state index in [1.54, 1.807) is 0 Å². The second-order valence-corrected chi connectivity index (χ2v) is 11.3. The van der Waals surface area contributed by atoms with Gasteiger partial charge in [0, 0.05) is 0 Å². The van der Waals surface area contributed by atoms with E-state index in [-0.39, 0.29) is 29.1 Å². The first kappa shape index (κ1) is 20.2. The zero-order valence-electron chi connectivity index (χ0n) is 17.9. The van der Waals surface area contributed by atoms with Crippen molar-refractivity contribution in [3.05, 3.63) is 0 Å². The third-order valence-corrected chi connectivity index (χ3v) is 10.3. The van der Waals surface area contributed by atoms with Gasteiger partial charge in [-0.25, -0.2) is 0 Å². The summed E-state index contributed by atoms with van der Waals surface area (Å²) in [5.41, 5.74) is 0.146. The molecule has 4 fully saturated rings. The van der Waals surface area contributed by atoms with Gasteiger partial charge in [0.1, 0.15) is 0 Å². The van der Waals surface area contributed by atoms with Gasteiger partial charge in [-0.2, -0.15) is 0 Å². The highest BCUT2D eigenvalue weighted by Crippen LogP contribution is 2.68. The molecule has 0 amide bonds. The zero-order chi connectivity index (χ0) is 19.6. The fraction of sp³-hybridized carbons (Fsp3) is 1.00. The fourth-order valence-electron chi connectivity index (χ4n) is 8.79. The van der Waals surface area contributed by atoms with E-state index >= 15 is 0 Å². The first-order valence-corrected chi connectivity index (χ1v) is 11.8. The molecule has 0 aromatic heterocycles. The van der Waals surface area contributed by atoms with Crippen LogP contribution in [0.3, 0.4) is 0 Å². The molecule has 156 valence electrons. The van der Waals surface area contributed by atoms with Gasteiger partial charge < -0.3 is 15.3 Å². The van der Waals surface area contributed by atoms with E-state index in [0.717, 1.165) is 32.1 Å². The maximum absolute atomic E-state index is 11.5. The Balaban J connectivity index is 1.66. The molecule has 0 bridgehead atoms. The van der Waals surface area contributed by atoms with Crippen molar-refractivity contribution in [3.63, 3.8) is 0 Å². The summed E-state index contributed by atoms with van der Waals surface area (Å²) in [7, 11) is 0. The van der Waals surface area contributed by atoms with Crippen molar-refractivity contribution < 1.29 is 15.3 Å². The molecule has 0 spiro atoms. The lowest BCUT2D eigenvalue weighted by Crippen LogP contribution is -2.62. The molecule has 0 aliphatic heterocycles. The third-order valence-electron chi connectivity index (χ3n) is 10.3. The van der Waals surface area contributed by atoms with Gasteiger partial charge in [-0.3, -0.25) is 0 Å². The second kappa shape index (κ2) is 6.99. The molecule has 0 heterocycles.